The van der Waals surface area contributed by atoms with E-state index in [2.05, 4.69) is 9.47 Å². The van der Waals surface area contributed by atoms with Crippen molar-refractivity contribution in [3.63, 3.8) is 0 Å². The van der Waals surface area contributed by atoms with Crippen LogP contribution in [-0.2, 0) is 14.3 Å². The van der Waals surface area contributed by atoms with E-state index in [1.807, 2.05) is 0 Å². The van der Waals surface area contributed by atoms with Gasteiger partial charge in [0.1, 0.15) is 0 Å². The lowest BCUT2D eigenvalue weighted by molar-refractivity contribution is -0.143. The van der Waals surface area contributed by atoms with Gasteiger partial charge in [-0.1, -0.05) is 0 Å². The van der Waals surface area contributed by atoms with Crippen molar-refractivity contribution in [2.75, 3.05) is 13.2 Å². The molecule has 0 aromatic heterocycles. The summed E-state index contributed by atoms with van der Waals surface area (Å²) < 4.78 is 9.03. The van der Waals surface area contributed by atoms with Crippen LogP contribution in [0, 0.1) is 0 Å². The predicted octanol–water partition coefficient (Wildman–Crippen LogP) is 1.71. The number of rotatable bonds is 5. The molecule has 0 unspecified atom stereocenters. The molecule has 0 saturated carbocycles. The first kappa shape index (κ1) is 11.2. The Balaban J connectivity index is 3.19. The van der Waals surface area contributed by atoms with Crippen LogP contribution >= 0.6 is 11.6 Å². The second kappa shape index (κ2) is 6.91. The van der Waals surface area contributed by atoms with Crippen molar-refractivity contribution >= 4 is 23.0 Å². The molecule has 0 atom stereocenters. The molecule has 0 bridgehead atoms. The van der Waals surface area contributed by atoms with E-state index in [0.29, 0.717) is 13.0 Å². The molecule has 0 aliphatic carbocycles. The number of carbonyl (C=O) groups excluding carboxylic acids is 2. The molecular weight excluding hydrogens is 184 g/mol. The van der Waals surface area contributed by atoms with E-state index < -0.39 is 5.43 Å². The molecule has 0 aromatic rings. The largest absolute Gasteiger partial charge is 0.466 e. The molecular formula is C7H11ClO4. The number of halogens is 1. The summed E-state index contributed by atoms with van der Waals surface area (Å²) >= 11 is 4.88. The second-order valence-corrected chi connectivity index (χ2v) is 2.30. The van der Waals surface area contributed by atoms with Gasteiger partial charge in [-0.25, -0.2) is 4.79 Å². The van der Waals surface area contributed by atoms with Crippen LogP contribution in [0.2, 0.25) is 0 Å². The highest BCUT2D eigenvalue weighted by Crippen LogP contribution is 1.95. The third-order valence-electron chi connectivity index (χ3n) is 1.05. The highest BCUT2D eigenvalue weighted by atomic mass is 35.5. The van der Waals surface area contributed by atoms with Crippen LogP contribution < -0.4 is 0 Å². The fourth-order valence-corrected chi connectivity index (χ4v) is 0.679. The van der Waals surface area contributed by atoms with Gasteiger partial charge in [-0.15, -0.1) is 0 Å². The third-order valence-corrected chi connectivity index (χ3v) is 1.16. The SMILES string of the molecule is CCOC(=O)CCCOC(=O)Cl. The number of hydrogen-bond donors (Lipinski definition) is 0. The second-order valence-electron chi connectivity index (χ2n) is 1.99. The molecule has 0 aliphatic heterocycles. The van der Waals surface area contributed by atoms with Crippen molar-refractivity contribution in [1.82, 2.24) is 0 Å². The number of hydrogen-bond acceptors (Lipinski definition) is 4. The van der Waals surface area contributed by atoms with Gasteiger partial charge in [0, 0.05) is 18.0 Å². The molecule has 0 fully saturated rings. The summed E-state index contributed by atoms with van der Waals surface area (Å²) in [7, 11) is 0. The molecule has 5 heteroatoms. The van der Waals surface area contributed by atoms with Crippen molar-refractivity contribution in [2.24, 2.45) is 0 Å². The van der Waals surface area contributed by atoms with Gasteiger partial charge >= 0.3 is 11.4 Å². The van der Waals surface area contributed by atoms with Crippen molar-refractivity contribution in [1.29, 1.82) is 0 Å². The molecule has 0 saturated heterocycles. The van der Waals surface area contributed by atoms with E-state index >= 15 is 0 Å². The quantitative estimate of drug-likeness (QED) is 0.380. The van der Waals surface area contributed by atoms with Gasteiger partial charge in [0.2, 0.25) is 0 Å². The molecule has 0 N–H and O–H groups in total. The van der Waals surface area contributed by atoms with Gasteiger partial charge in [0.25, 0.3) is 0 Å². The van der Waals surface area contributed by atoms with E-state index in [4.69, 9.17) is 11.6 Å². The molecule has 70 valence electrons. The fourth-order valence-electron chi connectivity index (χ4n) is 0.602. The maximum Gasteiger partial charge on any atom is 0.403 e. The minimum absolute atomic E-state index is 0.154. The Labute approximate surface area is 75.8 Å². The minimum Gasteiger partial charge on any atom is -0.466 e. The smallest absolute Gasteiger partial charge is 0.403 e. The molecule has 0 aromatic carbocycles. The van der Waals surface area contributed by atoms with Crippen LogP contribution in [0.15, 0.2) is 0 Å². The van der Waals surface area contributed by atoms with Crippen molar-refractivity contribution < 1.29 is 19.1 Å². The lowest BCUT2D eigenvalue weighted by Gasteiger charge is -2.00. The van der Waals surface area contributed by atoms with Gasteiger partial charge in [0.15, 0.2) is 0 Å². The zero-order chi connectivity index (χ0) is 9.40. The van der Waals surface area contributed by atoms with E-state index in [1.54, 1.807) is 6.92 Å². The normalized spacial score (nSPS) is 9.17. The van der Waals surface area contributed by atoms with Crippen LogP contribution in [-0.4, -0.2) is 24.6 Å². The summed E-state index contributed by atoms with van der Waals surface area (Å²) in [6.07, 6.45) is 0.690. The number of carbonyl (C=O) groups is 2. The Morgan fingerprint density at radius 3 is 2.50 bits per heavy atom. The average Bonchev–Trinajstić information content (AvgIpc) is 1.98. The highest BCUT2D eigenvalue weighted by Gasteiger charge is 2.01. The standard InChI is InChI=1S/C7H11ClO4/c1-2-11-6(9)4-3-5-12-7(8)10/h2-5H2,1H3. The van der Waals surface area contributed by atoms with Crippen LogP contribution in [0.4, 0.5) is 4.79 Å². The van der Waals surface area contributed by atoms with Gasteiger partial charge in [-0.3, -0.25) is 4.79 Å². The lowest BCUT2D eigenvalue weighted by atomic mass is 10.3. The van der Waals surface area contributed by atoms with Crippen molar-refractivity contribution in [3.8, 4) is 0 Å². The monoisotopic (exact) mass is 194 g/mol. The average molecular weight is 195 g/mol. The summed E-state index contributed by atoms with van der Waals surface area (Å²) in [4.78, 5) is 20.7. The van der Waals surface area contributed by atoms with Crippen LogP contribution in [0.25, 0.3) is 0 Å². The Kier molecular flexibility index (Phi) is 6.47. The van der Waals surface area contributed by atoms with Crippen LogP contribution in [0.1, 0.15) is 19.8 Å². The predicted molar refractivity (Wildman–Crippen MR) is 43.1 cm³/mol. The molecule has 0 amide bonds. The zero-order valence-electron chi connectivity index (χ0n) is 6.84. The van der Waals surface area contributed by atoms with Gasteiger partial charge in [-0.05, 0) is 13.3 Å². The summed E-state index contributed by atoms with van der Waals surface area (Å²) in [5.74, 6) is -0.289. The molecule has 0 heterocycles. The minimum atomic E-state index is -0.848. The summed E-state index contributed by atoms with van der Waals surface area (Å²) in [6, 6.07) is 0. The van der Waals surface area contributed by atoms with Gasteiger partial charge in [0.05, 0.1) is 13.2 Å². The van der Waals surface area contributed by atoms with Gasteiger partial charge in [-0.2, -0.15) is 0 Å². The molecule has 12 heavy (non-hydrogen) atoms. The zero-order valence-corrected chi connectivity index (χ0v) is 7.60. The molecule has 4 nitrogen and oxygen atoms in total. The van der Waals surface area contributed by atoms with Crippen molar-refractivity contribution in [2.45, 2.75) is 19.8 Å². The molecule has 0 rings (SSSR count). The Morgan fingerprint density at radius 2 is 2.00 bits per heavy atom. The third kappa shape index (κ3) is 7.34. The maximum absolute atomic E-state index is 10.7. The van der Waals surface area contributed by atoms with Crippen molar-refractivity contribution in [3.05, 3.63) is 0 Å². The van der Waals surface area contributed by atoms with Gasteiger partial charge < -0.3 is 9.47 Å². The molecule has 0 aliphatic rings. The highest BCUT2D eigenvalue weighted by molar-refractivity contribution is 6.61. The summed E-state index contributed by atoms with van der Waals surface area (Å²) in [5, 5.41) is 0. The Morgan fingerprint density at radius 1 is 1.33 bits per heavy atom. The first-order valence-electron chi connectivity index (χ1n) is 3.64. The summed E-state index contributed by atoms with van der Waals surface area (Å²) in [5.41, 5.74) is -0.848. The van der Waals surface area contributed by atoms with E-state index in [0.717, 1.165) is 0 Å². The van der Waals surface area contributed by atoms with E-state index in [1.165, 1.54) is 0 Å². The first-order chi connectivity index (χ1) is 5.66. The maximum atomic E-state index is 10.7. The first-order valence-corrected chi connectivity index (χ1v) is 4.02. The lowest BCUT2D eigenvalue weighted by Crippen LogP contribution is -2.06. The number of esters is 1. The van der Waals surface area contributed by atoms with Crippen LogP contribution in [0.5, 0.6) is 0 Å². The molecule has 0 spiro atoms. The molecule has 0 radical (unpaired) electrons. The Bertz CT molecular complexity index is 157. The van der Waals surface area contributed by atoms with Crippen LogP contribution in [0.3, 0.4) is 0 Å². The summed E-state index contributed by atoms with van der Waals surface area (Å²) in [6.45, 7) is 2.26. The number of ether oxygens (including phenoxy) is 2. The fraction of sp³-hybridized carbons (Fsp3) is 0.714. The van der Waals surface area contributed by atoms with E-state index in [-0.39, 0.29) is 19.0 Å². The topological polar surface area (TPSA) is 52.6 Å². The Hall–Kier alpha value is -0.770. The van der Waals surface area contributed by atoms with E-state index in [9.17, 15) is 9.59 Å².